The molecule has 5 nitrogen and oxygen atoms in total. The van der Waals surface area contributed by atoms with Gasteiger partial charge in [-0.1, -0.05) is 29.4 Å². The Bertz CT molecular complexity index is 721. The summed E-state index contributed by atoms with van der Waals surface area (Å²) >= 11 is 0. The topological polar surface area (TPSA) is 67.8 Å². The molecule has 0 unspecified atom stereocenters. The number of carbonyl (C=O) groups excluding carboxylic acids is 2. The third-order valence-electron chi connectivity index (χ3n) is 3.23. The van der Waals surface area contributed by atoms with E-state index in [0.717, 1.165) is 11.1 Å². The predicted octanol–water partition coefficient (Wildman–Crippen LogP) is 3.19. The van der Waals surface area contributed by atoms with E-state index in [1.54, 1.807) is 30.5 Å². The SMILES string of the molecule is CC(=O)c1ccc(NC(=O)CO/N=C\c2ccccc2C)cc1. The summed E-state index contributed by atoms with van der Waals surface area (Å²) in [5.41, 5.74) is 3.22. The number of hydrogen-bond acceptors (Lipinski definition) is 4. The zero-order chi connectivity index (χ0) is 16.7. The zero-order valence-electron chi connectivity index (χ0n) is 13.1. The van der Waals surface area contributed by atoms with Gasteiger partial charge in [-0.25, -0.2) is 0 Å². The molecule has 2 aromatic carbocycles. The molecule has 0 radical (unpaired) electrons. The molecule has 1 amide bonds. The molecule has 1 N–H and O–H groups in total. The average molecular weight is 310 g/mol. The van der Waals surface area contributed by atoms with Crippen LogP contribution in [0.3, 0.4) is 0 Å². The zero-order valence-corrected chi connectivity index (χ0v) is 13.1. The van der Waals surface area contributed by atoms with Gasteiger partial charge < -0.3 is 10.2 Å². The van der Waals surface area contributed by atoms with Gasteiger partial charge in [0.1, 0.15) is 0 Å². The van der Waals surface area contributed by atoms with Crippen molar-refractivity contribution in [2.45, 2.75) is 13.8 Å². The van der Waals surface area contributed by atoms with Crippen LogP contribution in [0.4, 0.5) is 5.69 Å². The number of carbonyl (C=O) groups is 2. The predicted molar refractivity (Wildman–Crippen MR) is 89.8 cm³/mol. The number of rotatable bonds is 6. The first-order valence-electron chi connectivity index (χ1n) is 7.18. The molecule has 2 aromatic rings. The van der Waals surface area contributed by atoms with Crippen LogP contribution in [0, 0.1) is 6.92 Å². The van der Waals surface area contributed by atoms with E-state index >= 15 is 0 Å². The van der Waals surface area contributed by atoms with Gasteiger partial charge in [0.05, 0.1) is 6.21 Å². The number of anilines is 1. The summed E-state index contributed by atoms with van der Waals surface area (Å²) < 4.78 is 0. The number of benzene rings is 2. The number of hydrogen-bond donors (Lipinski definition) is 1. The minimum atomic E-state index is -0.317. The molecule has 2 rings (SSSR count). The van der Waals surface area contributed by atoms with Crippen molar-refractivity contribution in [1.29, 1.82) is 0 Å². The lowest BCUT2D eigenvalue weighted by Gasteiger charge is -2.05. The third-order valence-corrected chi connectivity index (χ3v) is 3.23. The molecule has 118 valence electrons. The second-order valence-electron chi connectivity index (χ2n) is 5.05. The smallest absolute Gasteiger partial charge is 0.265 e. The van der Waals surface area contributed by atoms with E-state index in [0.29, 0.717) is 11.3 Å². The number of amides is 1. The highest BCUT2D eigenvalue weighted by molar-refractivity contribution is 5.95. The fourth-order valence-electron chi connectivity index (χ4n) is 1.91. The Morgan fingerprint density at radius 1 is 1.13 bits per heavy atom. The van der Waals surface area contributed by atoms with E-state index in [-0.39, 0.29) is 18.3 Å². The Labute approximate surface area is 135 Å². The fourth-order valence-corrected chi connectivity index (χ4v) is 1.91. The molecule has 0 fully saturated rings. The first kappa shape index (κ1) is 16.4. The van der Waals surface area contributed by atoms with E-state index in [4.69, 9.17) is 4.84 Å². The van der Waals surface area contributed by atoms with Gasteiger partial charge >= 0.3 is 0 Å². The number of Topliss-reactive ketones (excluding diaryl/α,β-unsaturated/α-hetero) is 1. The molecular weight excluding hydrogens is 292 g/mol. The van der Waals surface area contributed by atoms with Gasteiger partial charge in [0.25, 0.3) is 5.91 Å². The summed E-state index contributed by atoms with van der Waals surface area (Å²) in [6.45, 7) is 3.28. The minimum Gasteiger partial charge on any atom is -0.386 e. The van der Waals surface area contributed by atoms with Crippen LogP contribution in [0.25, 0.3) is 0 Å². The lowest BCUT2D eigenvalue weighted by atomic mass is 10.1. The number of oxime groups is 1. The maximum atomic E-state index is 11.7. The van der Waals surface area contributed by atoms with Crippen LogP contribution in [0.15, 0.2) is 53.7 Å². The van der Waals surface area contributed by atoms with E-state index in [2.05, 4.69) is 10.5 Å². The Balaban J connectivity index is 1.81. The van der Waals surface area contributed by atoms with Crippen LogP contribution >= 0.6 is 0 Å². The molecule has 0 heterocycles. The van der Waals surface area contributed by atoms with Crippen molar-refractivity contribution >= 4 is 23.6 Å². The minimum absolute atomic E-state index is 0.0169. The lowest BCUT2D eigenvalue weighted by molar-refractivity contribution is -0.120. The third kappa shape index (κ3) is 5.07. The molecule has 0 aliphatic heterocycles. The van der Waals surface area contributed by atoms with E-state index in [1.807, 2.05) is 31.2 Å². The largest absolute Gasteiger partial charge is 0.386 e. The highest BCUT2D eigenvalue weighted by atomic mass is 16.6. The van der Waals surface area contributed by atoms with Gasteiger partial charge in [0, 0.05) is 11.3 Å². The van der Waals surface area contributed by atoms with E-state index in [1.165, 1.54) is 6.92 Å². The van der Waals surface area contributed by atoms with Crippen molar-refractivity contribution < 1.29 is 14.4 Å². The maximum absolute atomic E-state index is 11.7. The number of aryl methyl sites for hydroxylation is 1. The highest BCUT2D eigenvalue weighted by Crippen LogP contribution is 2.10. The lowest BCUT2D eigenvalue weighted by Crippen LogP contribution is -2.17. The monoisotopic (exact) mass is 310 g/mol. The van der Waals surface area contributed by atoms with Gasteiger partial charge in [-0.2, -0.15) is 0 Å². The van der Waals surface area contributed by atoms with Crippen LogP contribution < -0.4 is 5.32 Å². The van der Waals surface area contributed by atoms with Crippen molar-refractivity contribution in [3.05, 3.63) is 65.2 Å². The highest BCUT2D eigenvalue weighted by Gasteiger charge is 2.04. The molecule has 23 heavy (non-hydrogen) atoms. The van der Waals surface area contributed by atoms with E-state index in [9.17, 15) is 9.59 Å². The quantitative estimate of drug-likeness (QED) is 0.506. The molecule has 0 aromatic heterocycles. The summed E-state index contributed by atoms with van der Waals surface area (Å²) in [6.07, 6.45) is 1.57. The standard InChI is InChI=1S/C18H18N2O3/c1-13-5-3-4-6-16(13)11-19-23-12-18(22)20-17-9-7-15(8-10-17)14(2)21/h3-11H,12H2,1-2H3,(H,20,22)/b19-11-. The van der Waals surface area contributed by atoms with Gasteiger partial charge in [-0.05, 0) is 49.2 Å². The first-order valence-corrected chi connectivity index (χ1v) is 7.18. The van der Waals surface area contributed by atoms with Crippen LogP contribution in [-0.2, 0) is 9.63 Å². The van der Waals surface area contributed by atoms with E-state index < -0.39 is 0 Å². The molecule has 0 saturated heterocycles. The fraction of sp³-hybridized carbons (Fsp3) is 0.167. The Morgan fingerprint density at radius 3 is 2.48 bits per heavy atom. The summed E-state index contributed by atoms with van der Waals surface area (Å²) in [7, 11) is 0. The molecule has 0 aliphatic carbocycles. The summed E-state index contributed by atoms with van der Waals surface area (Å²) in [6, 6.07) is 14.4. The van der Waals surface area contributed by atoms with Crippen LogP contribution in [0.2, 0.25) is 0 Å². The normalized spacial score (nSPS) is 10.5. The van der Waals surface area contributed by atoms with Crippen molar-refractivity contribution in [2.75, 3.05) is 11.9 Å². The van der Waals surface area contributed by atoms with Gasteiger partial charge in [-0.3, -0.25) is 9.59 Å². The van der Waals surface area contributed by atoms with Gasteiger partial charge in [0.2, 0.25) is 0 Å². The summed E-state index contributed by atoms with van der Waals surface area (Å²) in [5.74, 6) is -0.334. The number of nitrogens with one attached hydrogen (secondary N) is 1. The molecule has 0 spiro atoms. The maximum Gasteiger partial charge on any atom is 0.265 e. The number of nitrogens with zero attached hydrogens (tertiary/aromatic N) is 1. The molecular formula is C18H18N2O3. The Morgan fingerprint density at radius 2 is 1.83 bits per heavy atom. The summed E-state index contributed by atoms with van der Waals surface area (Å²) in [5, 5.41) is 6.46. The second-order valence-corrected chi connectivity index (χ2v) is 5.05. The average Bonchev–Trinajstić information content (AvgIpc) is 2.53. The first-order chi connectivity index (χ1) is 11.1. The van der Waals surface area contributed by atoms with Crippen molar-refractivity contribution in [2.24, 2.45) is 5.16 Å². The van der Waals surface area contributed by atoms with Crippen molar-refractivity contribution in [3.63, 3.8) is 0 Å². The molecule has 0 aliphatic rings. The second kappa shape index (κ2) is 7.89. The van der Waals surface area contributed by atoms with Crippen molar-refractivity contribution in [1.82, 2.24) is 0 Å². The Kier molecular flexibility index (Phi) is 5.63. The van der Waals surface area contributed by atoms with Crippen LogP contribution in [-0.4, -0.2) is 24.5 Å². The molecule has 0 saturated carbocycles. The molecule has 5 heteroatoms. The van der Waals surface area contributed by atoms with Gasteiger partial charge in [0.15, 0.2) is 12.4 Å². The Hall–Kier alpha value is -2.95. The van der Waals surface area contributed by atoms with Crippen LogP contribution in [0.1, 0.15) is 28.4 Å². The van der Waals surface area contributed by atoms with Crippen molar-refractivity contribution in [3.8, 4) is 0 Å². The molecule has 0 atom stereocenters. The molecule has 0 bridgehead atoms. The van der Waals surface area contributed by atoms with Crippen LogP contribution in [0.5, 0.6) is 0 Å². The number of ketones is 1. The summed E-state index contributed by atoms with van der Waals surface area (Å²) in [4.78, 5) is 27.9. The van der Waals surface area contributed by atoms with Gasteiger partial charge in [-0.15, -0.1) is 0 Å².